The monoisotopic (exact) mass is 210 g/mol. The number of likely N-dealkylation sites (N-methyl/N-ethyl adjacent to an activating group) is 1. The molecule has 0 radical (unpaired) electrons. The summed E-state index contributed by atoms with van der Waals surface area (Å²) in [6, 6.07) is 0.863. The molecule has 0 spiro atoms. The van der Waals surface area contributed by atoms with Gasteiger partial charge in [-0.2, -0.15) is 0 Å². The number of hydrogen-bond acceptors (Lipinski definition) is 2. The second-order valence-electron chi connectivity index (χ2n) is 5.36. The first kappa shape index (κ1) is 11.4. The van der Waals surface area contributed by atoms with E-state index in [0.29, 0.717) is 0 Å². The van der Waals surface area contributed by atoms with Crippen molar-refractivity contribution < 1.29 is 0 Å². The van der Waals surface area contributed by atoms with Crippen molar-refractivity contribution in [3.8, 4) is 0 Å². The van der Waals surface area contributed by atoms with E-state index in [-0.39, 0.29) is 0 Å². The molecular formula is C13H26N2. The Hall–Kier alpha value is -0.0800. The van der Waals surface area contributed by atoms with Gasteiger partial charge in [-0.15, -0.1) is 0 Å². The molecule has 2 heteroatoms. The summed E-state index contributed by atoms with van der Waals surface area (Å²) in [6.07, 6.45) is 10.1. The maximum absolute atomic E-state index is 2.77. The Bertz CT molecular complexity index is 173. The van der Waals surface area contributed by atoms with Crippen LogP contribution in [0.2, 0.25) is 0 Å². The van der Waals surface area contributed by atoms with Gasteiger partial charge >= 0.3 is 0 Å². The Labute approximate surface area is 94.6 Å². The van der Waals surface area contributed by atoms with Gasteiger partial charge in [-0.05, 0) is 52.4 Å². The van der Waals surface area contributed by atoms with Crippen molar-refractivity contribution in [1.29, 1.82) is 0 Å². The normalized spacial score (nSPS) is 32.2. The van der Waals surface area contributed by atoms with Crippen molar-refractivity contribution in [3.05, 3.63) is 0 Å². The first-order chi connectivity index (χ1) is 7.36. The van der Waals surface area contributed by atoms with Crippen molar-refractivity contribution in [1.82, 2.24) is 9.80 Å². The van der Waals surface area contributed by atoms with Crippen LogP contribution in [0.5, 0.6) is 0 Å². The molecule has 0 aliphatic carbocycles. The molecule has 1 atom stereocenters. The minimum absolute atomic E-state index is 0.863. The molecule has 1 unspecified atom stereocenters. The van der Waals surface area contributed by atoms with Crippen molar-refractivity contribution in [2.45, 2.75) is 51.0 Å². The van der Waals surface area contributed by atoms with Gasteiger partial charge in [0, 0.05) is 12.6 Å². The summed E-state index contributed by atoms with van der Waals surface area (Å²) in [5.41, 5.74) is 0. The molecule has 2 rings (SSSR count). The molecule has 2 fully saturated rings. The van der Waals surface area contributed by atoms with Gasteiger partial charge in [-0.25, -0.2) is 0 Å². The molecule has 0 amide bonds. The third-order valence-corrected chi connectivity index (χ3v) is 4.01. The van der Waals surface area contributed by atoms with Crippen LogP contribution >= 0.6 is 0 Å². The molecule has 2 heterocycles. The number of piperidine rings is 1. The zero-order chi connectivity index (χ0) is 10.5. The van der Waals surface area contributed by atoms with Gasteiger partial charge in [0.2, 0.25) is 0 Å². The average Bonchev–Trinajstić information content (AvgIpc) is 2.16. The summed E-state index contributed by atoms with van der Waals surface area (Å²) < 4.78 is 0. The molecule has 2 aliphatic heterocycles. The molecule has 15 heavy (non-hydrogen) atoms. The van der Waals surface area contributed by atoms with E-state index in [9.17, 15) is 0 Å². The summed E-state index contributed by atoms with van der Waals surface area (Å²) >= 11 is 0. The quantitative estimate of drug-likeness (QED) is 0.655. The number of hydrogen-bond donors (Lipinski definition) is 0. The second kappa shape index (κ2) is 5.86. The summed E-state index contributed by atoms with van der Waals surface area (Å²) in [5, 5.41) is 0. The largest absolute Gasteiger partial charge is 0.305 e. The highest BCUT2D eigenvalue weighted by Crippen LogP contribution is 2.18. The van der Waals surface area contributed by atoms with E-state index in [1.807, 2.05) is 0 Å². The third kappa shape index (κ3) is 3.46. The van der Waals surface area contributed by atoms with Crippen molar-refractivity contribution >= 4 is 0 Å². The van der Waals surface area contributed by atoms with E-state index in [2.05, 4.69) is 16.8 Å². The fourth-order valence-corrected chi connectivity index (χ4v) is 3.07. The molecular weight excluding hydrogens is 184 g/mol. The molecule has 0 bridgehead atoms. The fraction of sp³-hybridized carbons (Fsp3) is 1.00. The molecule has 0 aromatic rings. The molecule has 88 valence electrons. The summed E-state index contributed by atoms with van der Waals surface area (Å²) in [4.78, 5) is 5.28. The highest BCUT2D eigenvalue weighted by atomic mass is 15.2. The van der Waals surface area contributed by atoms with Crippen LogP contribution in [0.25, 0.3) is 0 Å². The van der Waals surface area contributed by atoms with E-state index < -0.39 is 0 Å². The molecule has 2 saturated heterocycles. The Morgan fingerprint density at radius 2 is 1.47 bits per heavy atom. The minimum atomic E-state index is 0.863. The van der Waals surface area contributed by atoms with Crippen molar-refractivity contribution in [2.75, 3.05) is 33.2 Å². The molecule has 0 N–H and O–H groups in total. The molecule has 0 aromatic heterocycles. The number of rotatable bonds is 1. The Balaban J connectivity index is 1.83. The van der Waals surface area contributed by atoms with Gasteiger partial charge in [0.05, 0.1) is 0 Å². The topological polar surface area (TPSA) is 6.48 Å². The van der Waals surface area contributed by atoms with Crippen LogP contribution < -0.4 is 0 Å². The van der Waals surface area contributed by atoms with E-state index in [1.54, 1.807) is 0 Å². The highest BCUT2D eigenvalue weighted by Gasteiger charge is 2.23. The Morgan fingerprint density at radius 3 is 2.13 bits per heavy atom. The highest BCUT2D eigenvalue weighted by molar-refractivity contribution is 4.80. The van der Waals surface area contributed by atoms with Crippen LogP contribution in [0.15, 0.2) is 0 Å². The lowest BCUT2D eigenvalue weighted by atomic mass is 10.0. The molecule has 0 aromatic carbocycles. The smallest absolute Gasteiger partial charge is 0.0223 e. The predicted octanol–water partition coefficient (Wildman–Crippen LogP) is 2.35. The lowest BCUT2D eigenvalue weighted by molar-refractivity contribution is 0.104. The molecule has 2 nitrogen and oxygen atoms in total. The zero-order valence-corrected chi connectivity index (χ0v) is 10.2. The fourth-order valence-electron chi connectivity index (χ4n) is 3.07. The van der Waals surface area contributed by atoms with E-state index in [1.165, 1.54) is 71.1 Å². The molecule has 0 saturated carbocycles. The van der Waals surface area contributed by atoms with Gasteiger partial charge in [0.15, 0.2) is 0 Å². The number of nitrogens with zero attached hydrogens (tertiary/aromatic N) is 2. The van der Waals surface area contributed by atoms with Gasteiger partial charge < -0.3 is 4.90 Å². The Kier molecular flexibility index (Phi) is 4.45. The van der Waals surface area contributed by atoms with Crippen molar-refractivity contribution in [3.63, 3.8) is 0 Å². The van der Waals surface area contributed by atoms with Crippen LogP contribution in [0.4, 0.5) is 0 Å². The standard InChI is InChI=1S/C13H26N2/c1-14-9-7-8-13(12-14)15-10-5-3-2-4-6-11-15/h13H,2-12H2,1H3. The van der Waals surface area contributed by atoms with Crippen LogP contribution in [0, 0.1) is 0 Å². The lowest BCUT2D eigenvalue weighted by Crippen LogP contribution is -2.47. The maximum atomic E-state index is 2.77. The predicted molar refractivity (Wildman–Crippen MR) is 65.2 cm³/mol. The van der Waals surface area contributed by atoms with Crippen LogP contribution in [-0.2, 0) is 0 Å². The van der Waals surface area contributed by atoms with Gasteiger partial charge in [-0.1, -0.05) is 19.3 Å². The van der Waals surface area contributed by atoms with E-state index >= 15 is 0 Å². The maximum Gasteiger partial charge on any atom is 0.0223 e. The first-order valence-electron chi connectivity index (χ1n) is 6.79. The summed E-state index contributed by atoms with van der Waals surface area (Å²) in [5.74, 6) is 0. The SMILES string of the molecule is CN1CCCC(N2CCCCCCC2)C1. The zero-order valence-electron chi connectivity index (χ0n) is 10.2. The summed E-state index contributed by atoms with van der Waals surface area (Å²) in [6.45, 7) is 5.33. The lowest BCUT2D eigenvalue weighted by Gasteiger charge is -2.38. The molecule has 2 aliphatic rings. The van der Waals surface area contributed by atoms with Crippen LogP contribution in [0.3, 0.4) is 0 Å². The van der Waals surface area contributed by atoms with E-state index in [0.717, 1.165) is 6.04 Å². The second-order valence-corrected chi connectivity index (χ2v) is 5.36. The van der Waals surface area contributed by atoms with Gasteiger partial charge in [0.1, 0.15) is 0 Å². The van der Waals surface area contributed by atoms with Gasteiger partial charge in [0.25, 0.3) is 0 Å². The summed E-state index contributed by atoms with van der Waals surface area (Å²) in [7, 11) is 2.27. The van der Waals surface area contributed by atoms with E-state index in [4.69, 9.17) is 0 Å². The first-order valence-corrected chi connectivity index (χ1v) is 6.79. The van der Waals surface area contributed by atoms with Crippen LogP contribution in [0.1, 0.15) is 44.9 Å². The number of likely N-dealkylation sites (tertiary alicyclic amines) is 2. The third-order valence-electron chi connectivity index (χ3n) is 4.01. The Morgan fingerprint density at radius 1 is 0.800 bits per heavy atom. The van der Waals surface area contributed by atoms with Crippen molar-refractivity contribution in [2.24, 2.45) is 0 Å². The van der Waals surface area contributed by atoms with Crippen LogP contribution in [-0.4, -0.2) is 49.1 Å². The van der Waals surface area contributed by atoms with Gasteiger partial charge in [-0.3, -0.25) is 4.90 Å². The average molecular weight is 210 g/mol. The minimum Gasteiger partial charge on any atom is -0.305 e.